The number of rotatable bonds is 4. The first-order valence-corrected chi connectivity index (χ1v) is 4.76. The van der Waals surface area contributed by atoms with Crippen molar-refractivity contribution >= 4 is 17.5 Å². The van der Waals surface area contributed by atoms with Gasteiger partial charge in [-0.05, 0) is 18.6 Å². The van der Waals surface area contributed by atoms with E-state index in [1.165, 1.54) is 0 Å². The van der Waals surface area contributed by atoms with Gasteiger partial charge in [0.05, 0.1) is 13.0 Å². The Hall–Kier alpha value is -1.06. The van der Waals surface area contributed by atoms with Crippen molar-refractivity contribution in [2.24, 2.45) is 0 Å². The lowest BCUT2D eigenvalue weighted by Gasteiger charge is -2.04. The van der Waals surface area contributed by atoms with Gasteiger partial charge in [-0.3, -0.25) is 9.63 Å². The number of carbonyl (C=O) groups is 1. The van der Waals surface area contributed by atoms with Crippen molar-refractivity contribution in [2.75, 3.05) is 6.61 Å². The summed E-state index contributed by atoms with van der Waals surface area (Å²) in [5.41, 5.74) is 3.11. The van der Waals surface area contributed by atoms with Gasteiger partial charge in [-0.25, -0.2) is 5.48 Å². The molecular weight excluding hydrogens is 202 g/mol. The molecule has 0 aliphatic carbocycles. The second kappa shape index (κ2) is 5.62. The molecule has 0 aliphatic heterocycles. The molecule has 76 valence electrons. The van der Waals surface area contributed by atoms with Gasteiger partial charge < -0.3 is 0 Å². The number of carbonyl (C=O) groups excluding carboxylic acids is 1. The van der Waals surface area contributed by atoms with E-state index in [1.807, 2.05) is 18.2 Å². The van der Waals surface area contributed by atoms with E-state index in [9.17, 15) is 4.79 Å². The second-order valence-corrected chi connectivity index (χ2v) is 3.13. The zero-order valence-corrected chi connectivity index (χ0v) is 8.67. The Morgan fingerprint density at radius 1 is 1.50 bits per heavy atom. The van der Waals surface area contributed by atoms with Crippen molar-refractivity contribution in [3.63, 3.8) is 0 Å². The lowest BCUT2D eigenvalue weighted by molar-refractivity contribution is -0.132. The van der Waals surface area contributed by atoms with E-state index < -0.39 is 0 Å². The molecule has 14 heavy (non-hydrogen) atoms. The van der Waals surface area contributed by atoms with E-state index in [1.54, 1.807) is 13.0 Å². The third kappa shape index (κ3) is 3.36. The van der Waals surface area contributed by atoms with Crippen LogP contribution in [0, 0.1) is 0 Å². The monoisotopic (exact) mass is 213 g/mol. The first kappa shape index (κ1) is 11.0. The number of halogens is 1. The van der Waals surface area contributed by atoms with Crippen LogP contribution in [-0.2, 0) is 16.1 Å². The van der Waals surface area contributed by atoms with Gasteiger partial charge in [-0.1, -0.05) is 29.8 Å². The van der Waals surface area contributed by atoms with E-state index in [0.717, 1.165) is 5.56 Å². The Morgan fingerprint density at radius 2 is 2.21 bits per heavy atom. The van der Waals surface area contributed by atoms with Gasteiger partial charge in [0, 0.05) is 5.02 Å². The topological polar surface area (TPSA) is 38.3 Å². The van der Waals surface area contributed by atoms with Gasteiger partial charge in [0.1, 0.15) is 0 Å². The zero-order chi connectivity index (χ0) is 10.4. The summed E-state index contributed by atoms with van der Waals surface area (Å²) in [6, 6.07) is 7.24. The molecule has 0 saturated heterocycles. The number of benzene rings is 1. The highest BCUT2D eigenvalue weighted by molar-refractivity contribution is 6.31. The Balaban J connectivity index is 2.52. The third-order valence-electron chi connectivity index (χ3n) is 1.64. The van der Waals surface area contributed by atoms with Crippen LogP contribution in [0.5, 0.6) is 0 Å². The minimum atomic E-state index is -0.194. The van der Waals surface area contributed by atoms with Crippen molar-refractivity contribution in [1.82, 2.24) is 5.48 Å². The number of hydrogen-bond donors (Lipinski definition) is 1. The molecule has 4 heteroatoms. The Bertz CT molecular complexity index is 315. The average molecular weight is 214 g/mol. The van der Waals surface area contributed by atoms with Crippen LogP contribution in [-0.4, -0.2) is 12.5 Å². The van der Waals surface area contributed by atoms with Gasteiger partial charge in [0.25, 0.3) is 0 Å². The summed E-state index contributed by atoms with van der Waals surface area (Å²) < 4.78 is 0. The molecule has 1 aromatic carbocycles. The molecule has 0 heterocycles. The lowest BCUT2D eigenvalue weighted by atomic mass is 10.1. The summed E-state index contributed by atoms with van der Waals surface area (Å²) in [5.74, 6) is -0.194. The minimum absolute atomic E-state index is 0.194. The molecule has 0 saturated carbocycles. The molecule has 0 aliphatic rings. The maximum Gasteiger partial charge on any atom is 0.248 e. The molecule has 1 aromatic rings. The summed E-state index contributed by atoms with van der Waals surface area (Å²) >= 11 is 5.88. The van der Waals surface area contributed by atoms with Crippen LogP contribution in [0.25, 0.3) is 0 Å². The fourth-order valence-corrected chi connectivity index (χ4v) is 1.21. The predicted octanol–water partition coefficient (Wildman–Crippen LogP) is 1.95. The van der Waals surface area contributed by atoms with Crippen LogP contribution in [0.4, 0.5) is 0 Å². The van der Waals surface area contributed by atoms with Crippen LogP contribution in [0.15, 0.2) is 24.3 Å². The smallest absolute Gasteiger partial charge is 0.248 e. The molecule has 3 nitrogen and oxygen atoms in total. The Labute approximate surface area is 88.0 Å². The van der Waals surface area contributed by atoms with Crippen molar-refractivity contribution < 1.29 is 9.63 Å². The summed E-state index contributed by atoms with van der Waals surface area (Å²) in [5, 5.41) is 0.596. The quantitative estimate of drug-likeness (QED) is 0.777. The maximum absolute atomic E-state index is 11.2. The third-order valence-corrected chi connectivity index (χ3v) is 2.01. The van der Waals surface area contributed by atoms with E-state index >= 15 is 0 Å². The maximum atomic E-state index is 11.2. The van der Waals surface area contributed by atoms with Crippen molar-refractivity contribution in [2.45, 2.75) is 13.3 Å². The molecule has 1 rings (SSSR count). The highest BCUT2D eigenvalue weighted by Crippen LogP contribution is 2.14. The van der Waals surface area contributed by atoms with Gasteiger partial charge in [0.2, 0.25) is 5.91 Å². The zero-order valence-electron chi connectivity index (χ0n) is 7.92. The van der Waals surface area contributed by atoms with Crippen LogP contribution in [0.2, 0.25) is 5.02 Å². The molecule has 0 aromatic heterocycles. The molecule has 0 bridgehead atoms. The largest absolute Gasteiger partial charge is 0.274 e. The average Bonchev–Trinajstić information content (AvgIpc) is 2.18. The fourth-order valence-electron chi connectivity index (χ4n) is 1.00. The van der Waals surface area contributed by atoms with E-state index in [0.29, 0.717) is 11.6 Å². The Kier molecular flexibility index (Phi) is 4.43. The molecule has 0 spiro atoms. The standard InChI is InChI=1S/C10H12ClNO2/c1-2-14-12-10(13)7-8-5-3-4-6-9(8)11/h3-6H,2,7H2,1H3,(H,12,13). The summed E-state index contributed by atoms with van der Waals surface area (Å²) in [6.07, 6.45) is 0.236. The molecule has 0 fully saturated rings. The van der Waals surface area contributed by atoms with Crippen molar-refractivity contribution in [1.29, 1.82) is 0 Å². The number of hydroxylamine groups is 1. The molecular formula is C10H12ClNO2. The van der Waals surface area contributed by atoms with E-state index in [4.69, 9.17) is 16.4 Å². The van der Waals surface area contributed by atoms with Crippen molar-refractivity contribution in [3.05, 3.63) is 34.9 Å². The molecule has 0 atom stereocenters. The van der Waals surface area contributed by atoms with Crippen LogP contribution in [0.1, 0.15) is 12.5 Å². The summed E-state index contributed by atoms with van der Waals surface area (Å²) in [7, 11) is 0. The van der Waals surface area contributed by atoms with Crippen LogP contribution < -0.4 is 5.48 Å². The van der Waals surface area contributed by atoms with Crippen molar-refractivity contribution in [3.8, 4) is 0 Å². The summed E-state index contributed by atoms with van der Waals surface area (Å²) in [4.78, 5) is 16.0. The Morgan fingerprint density at radius 3 is 2.86 bits per heavy atom. The summed E-state index contributed by atoms with van der Waals surface area (Å²) in [6.45, 7) is 2.25. The second-order valence-electron chi connectivity index (χ2n) is 2.73. The number of amides is 1. The molecule has 1 N–H and O–H groups in total. The fraction of sp³-hybridized carbons (Fsp3) is 0.300. The van der Waals surface area contributed by atoms with Gasteiger partial charge in [0.15, 0.2) is 0 Å². The van der Waals surface area contributed by atoms with E-state index in [-0.39, 0.29) is 12.3 Å². The SMILES string of the molecule is CCONC(=O)Cc1ccccc1Cl. The number of nitrogens with one attached hydrogen (secondary N) is 1. The molecule has 1 amide bonds. The first-order chi connectivity index (χ1) is 6.74. The number of hydrogen-bond acceptors (Lipinski definition) is 2. The van der Waals surface area contributed by atoms with Gasteiger partial charge in [-0.15, -0.1) is 0 Å². The molecule has 0 unspecified atom stereocenters. The van der Waals surface area contributed by atoms with Crippen LogP contribution in [0.3, 0.4) is 0 Å². The van der Waals surface area contributed by atoms with Gasteiger partial charge >= 0.3 is 0 Å². The normalized spacial score (nSPS) is 9.86. The highest BCUT2D eigenvalue weighted by Gasteiger charge is 2.05. The predicted molar refractivity (Wildman–Crippen MR) is 54.9 cm³/mol. The van der Waals surface area contributed by atoms with E-state index in [2.05, 4.69) is 5.48 Å². The molecule has 0 radical (unpaired) electrons. The highest BCUT2D eigenvalue weighted by atomic mass is 35.5. The lowest BCUT2D eigenvalue weighted by Crippen LogP contribution is -2.25. The van der Waals surface area contributed by atoms with Gasteiger partial charge in [-0.2, -0.15) is 0 Å². The minimum Gasteiger partial charge on any atom is -0.274 e. The van der Waals surface area contributed by atoms with Crippen LogP contribution >= 0.6 is 11.6 Å². The first-order valence-electron chi connectivity index (χ1n) is 4.38.